The molecule has 3 rings (SSSR count). The Morgan fingerprint density at radius 3 is 2.58 bits per heavy atom. The van der Waals surface area contributed by atoms with E-state index in [4.69, 9.17) is 10.5 Å². The van der Waals surface area contributed by atoms with Crippen molar-refractivity contribution >= 4 is 17.7 Å². The standard InChI is InChI=1S/C20H32N4OS/c21-20(24-12-15-26-16-13-24)22-9-4-14-25-19-7-10-23(11-8-19)17-18-5-2-1-3-6-18/h1-3,5-6,19H,4,7-17H2,(H2,21,22). The molecule has 0 amide bonds. The normalized spacial score (nSPS) is 20.5. The van der Waals surface area contributed by atoms with Crippen molar-refractivity contribution < 1.29 is 4.74 Å². The lowest BCUT2D eigenvalue weighted by Gasteiger charge is -2.32. The Morgan fingerprint density at radius 2 is 1.85 bits per heavy atom. The summed E-state index contributed by atoms with van der Waals surface area (Å²) in [6.07, 6.45) is 3.61. The fraction of sp³-hybridized carbons (Fsp3) is 0.650. The minimum absolute atomic E-state index is 0.405. The van der Waals surface area contributed by atoms with Crippen molar-refractivity contribution in [1.82, 2.24) is 9.80 Å². The number of thioether (sulfide) groups is 1. The van der Waals surface area contributed by atoms with E-state index >= 15 is 0 Å². The first kappa shape index (κ1) is 19.5. The number of hydrogen-bond acceptors (Lipinski definition) is 4. The van der Waals surface area contributed by atoms with Gasteiger partial charge in [-0.05, 0) is 24.8 Å². The Hall–Kier alpha value is -1.24. The maximum Gasteiger partial charge on any atom is 0.191 e. The van der Waals surface area contributed by atoms with E-state index in [2.05, 4.69) is 45.1 Å². The van der Waals surface area contributed by atoms with E-state index in [1.807, 2.05) is 11.8 Å². The molecule has 2 fully saturated rings. The highest BCUT2D eigenvalue weighted by atomic mass is 32.2. The smallest absolute Gasteiger partial charge is 0.191 e. The summed E-state index contributed by atoms with van der Waals surface area (Å²) in [5.74, 6) is 3.02. The van der Waals surface area contributed by atoms with Gasteiger partial charge in [-0.2, -0.15) is 11.8 Å². The average Bonchev–Trinajstić information content (AvgIpc) is 2.70. The number of rotatable bonds is 7. The van der Waals surface area contributed by atoms with Crippen molar-refractivity contribution in [2.24, 2.45) is 10.7 Å². The number of piperidine rings is 1. The van der Waals surface area contributed by atoms with Gasteiger partial charge >= 0.3 is 0 Å². The van der Waals surface area contributed by atoms with Gasteiger partial charge in [-0.15, -0.1) is 0 Å². The van der Waals surface area contributed by atoms with E-state index < -0.39 is 0 Å². The highest BCUT2D eigenvalue weighted by Crippen LogP contribution is 2.16. The quantitative estimate of drug-likeness (QED) is 0.450. The number of likely N-dealkylation sites (tertiary alicyclic amines) is 1. The van der Waals surface area contributed by atoms with Crippen LogP contribution >= 0.6 is 11.8 Å². The molecule has 144 valence electrons. The molecule has 0 aromatic heterocycles. The second kappa shape index (κ2) is 10.8. The van der Waals surface area contributed by atoms with E-state index in [1.54, 1.807) is 0 Å². The van der Waals surface area contributed by atoms with Gasteiger partial charge in [0.1, 0.15) is 0 Å². The molecule has 2 aliphatic heterocycles. The third-order valence-corrected chi connectivity index (χ3v) is 5.99. The van der Waals surface area contributed by atoms with Crippen LogP contribution in [0.2, 0.25) is 0 Å². The molecule has 1 aromatic rings. The fourth-order valence-electron chi connectivity index (χ4n) is 3.48. The highest BCUT2D eigenvalue weighted by Gasteiger charge is 2.19. The second-order valence-corrected chi connectivity index (χ2v) is 8.25. The molecule has 2 N–H and O–H groups in total. The van der Waals surface area contributed by atoms with Gasteiger partial charge in [0.15, 0.2) is 5.96 Å². The fourth-order valence-corrected chi connectivity index (χ4v) is 4.38. The van der Waals surface area contributed by atoms with Crippen molar-refractivity contribution in [1.29, 1.82) is 0 Å². The molecule has 0 atom stereocenters. The minimum Gasteiger partial charge on any atom is -0.378 e. The number of ether oxygens (including phenoxy) is 1. The van der Waals surface area contributed by atoms with Gasteiger partial charge in [-0.25, -0.2) is 0 Å². The van der Waals surface area contributed by atoms with Crippen LogP contribution in [0.25, 0.3) is 0 Å². The number of guanidine groups is 1. The van der Waals surface area contributed by atoms with Gasteiger partial charge < -0.3 is 15.4 Å². The minimum atomic E-state index is 0.405. The Bertz CT molecular complexity index is 540. The summed E-state index contributed by atoms with van der Waals surface area (Å²) in [5.41, 5.74) is 7.47. The molecule has 2 saturated heterocycles. The van der Waals surface area contributed by atoms with Crippen LogP contribution in [0.4, 0.5) is 0 Å². The molecule has 0 radical (unpaired) electrons. The van der Waals surface area contributed by atoms with E-state index in [0.717, 1.165) is 76.6 Å². The molecular weight excluding hydrogens is 344 g/mol. The van der Waals surface area contributed by atoms with Gasteiger partial charge in [-0.3, -0.25) is 9.89 Å². The van der Waals surface area contributed by atoms with Crippen molar-refractivity contribution in [3.05, 3.63) is 35.9 Å². The first-order chi connectivity index (χ1) is 12.8. The van der Waals surface area contributed by atoms with Crippen LogP contribution in [0.15, 0.2) is 35.3 Å². The third kappa shape index (κ3) is 6.49. The molecule has 0 saturated carbocycles. The molecule has 1 aromatic carbocycles. The molecule has 5 nitrogen and oxygen atoms in total. The summed E-state index contributed by atoms with van der Waals surface area (Å²) < 4.78 is 6.06. The van der Waals surface area contributed by atoms with Gasteiger partial charge in [0.05, 0.1) is 6.10 Å². The number of benzene rings is 1. The molecule has 0 bridgehead atoms. The second-order valence-electron chi connectivity index (χ2n) is 7.02. The number of aliphatic imine (C=N–C) groups is 1. The number of nitrogens with zero attached hydrogens (tertiary/aromatic N) is 3. The summed E-state index contributed by atoms with van der Waals surface area (Å²) in [7, 11) is 0. The van der Waals surface area contributed by atoms with Gasteiger partial charge in [-0.1, -0.05) is 30.3 Å². The van der Waals surface area contributed by atoms with Crippen LogP contribution in [0.1, 0.15) is 24.8 Å². The summed E-state index contributed by atoms with van der Waals surface area (Å²) >= 11 is 1.99. The lowest BCUT2D eigenvalue weighted by molar-refractivity contribution is 0.00565. The Morgan fingerprint density at radius 1 is 1.12 bits per heavy atom. The monoisotopic (exact) mass is 376 g/mol. The van der Waals surface area contributed by atoms with Crippen molar-refractivity contribution in [2.75, 3.05) is 50.8 Å². The number of nitrogens with two attached hydrogens (primary N) is 1. The predicted molar refractivity (Wildman–Crippen MR) is 111 cm³/mol. The van der Waals surface area contributed by atoms with Crippen molar-refractivity contribution in [3.63, 3.8) is 0 Å². The first-order valence-corrected chi connectivity index (χ1v) is 11.0. The van der Waals surface area contributed by atoms with E-state index in [9.17, 15) is 0 Å². The van der Waals surface area contributed by atoms with Crippen LogP contribution in [0.3, 0.4) is 0 Å². The lowest BCUT2D eigenvalue weighted by Crippen LogP contribution is -2.42. The summed E-state index contributed by atoms with van der Waals surface area (Å²) in [6, 6.07) is 10.7. The largest absolute Gasteiger partial charge is 0.378 e. The molecule has 0 aliphatic carbocycles. The van der Waals surface area contributed by atoms with Gasteiger partial charge in [0, 0.05) is 57.4 Å². The molecule has 2 heterocycles. The van der Waals surface area contributed by atoms with Crippen LogP contribution in [-0.2, 0) is 11.3 Å². The lowest BCUT2D eigenvalue weighted by atomic mass is 10.1. The van der Waals surface area contributed by atoms with Crippen LogP contribution in [0, 0.1) is 0 Å². The SMILES string of the molecule is NC(=NCCCOC1CCN(Cc2ccccc2)CC1)N1CCSCC1. The Balaban J connectivity index is 1.26. The van der Waals surface area contributed by atoms with Crippen molar-refractivity contribution in [3.8, 4) is 0 Å². The van der Waals surface area contributed by atoms with E-state index in [1.165, 1.54) is 5.56 Å². The zero-order valence-corrected chi connectivity index (χ0v) is 16.5. The molecule has 26 heavy (non-hydrogen) atoms. The first-order valence-electron chi connectivity index (χ1n) is 9.82. The molecule has 0 unspecified atom stereocenters. The zero-order valence-electron chi connectivity index (χ0n) is 15.7. The Kier molecular flexibility index (Phi) is 8.11. The van der Waals surface area contributed by atoms with Gasteiger partial charge in [0.25, 0.3) is 0 Å². The summed E-state index contributed by atoms with van der Waals surface area (Å²) in [4.78, 5) is 9.23. The summed E-state index contributed by atoms with van der Waals surface area (Å²) in [5, 5.41) is 0. The third-order valence-electron chi connectivity index (χ3n) is 5.05. The summed E-state index contributed by atoms with van der Waals surface area (Å²) in [6.45, 7) is 6.90. The number of hydrogen-bond donors (Lipinski definition) is 1. The average molecular weight is 377 g/mol. The van der Waals surface area contributed by atoms with Crippen LogP contribution < -0.4 is 5.73 Å². The Labute approximate surface area is 162 Å². The molecular formula is C20H32N4OS. The van der Waals surface area contributed by atoms with E-state index in [-0.39, 0.29) is 0 Å². The van der Waals surface area contributed by atoms with Crippen LogP contribution in [0.5, 0.6) is 0 Å². The van der Waals surface area contributed by atoms with Crippen molar-refractivity contribution in [2.45, 2.75) is 31.9 Å². The predicted octanol–water partition coefficient (Wildman–Crippen LogP) is 2.42. The molecule has 0 spiro atoms. The zero-order chi connectivity index (χ0) is 18.0. The van der Waals surface area contributed by atoms with E-state index in [0.29, 0.717) is 12.1 Å². The molecule has 6 heteroatoms. The van der Waals surface area contributed by atoms with Gasteiger partial charge in [0.2, 0.25) is 0 Å². The maximum atomic E-state index is 6.07. The maximum absolute atomic E-state index is 6.07. The topological polar surface area (TPSA) is 54.1 Å². The molecule has 2 aliphatic rings. The van der Waals surface area contributed by atoms with Crippen LogP contribution in [-0.4, -0.2) is 72.7 Å². The highest BCUT2D eigenvalue weighted by molar-refractivity contribution is 7.99.